The Balaban J connectivity index is 1.89. The van der Waals surface area contributed by atoms with Gasteiger partial charge in [0.05, 0.1) is 12.1 Å². The highest BCUT2D eigenvalue weighted by Crippen LogP contribution is 2.34. The first-order valence-electron chi connectivity index (χ1n) is 7.06. The van der Waals surface area contributed by atoms with Crippen molar-refractivity contribution >= 4 is 6.09 Å². The molecule has 1 aliphatic carbocycles. The van der Waals surface area contributed by atoms with E-state index in [1.54, 1.807) is 4.90 Å². The van der Waals surface area contributed by atoms with Gasteiger partial charge in [-0.05, 0) is 46.0 Å². The minimum Gasteiger partial charge on any atom is -0.444 e. The number of carbonyl (C=O) groups is 1. The summed E-state index contributed by atoms with van der Waals surface area (Å²) in [7, 11) is 0. The predicted octanol–water partition coefficient (Wildman–Crippen LogP) is 2.55. The SMILES string of the molecule is CC(C)(C)OC(=O)N1CCC1C(O)C1CCCC1. The fourth-order valence-corrected chi connectivity index (χ4v) is 2.92. The molecular formula is C14H25NO3. The summed E-state index contributed by atoms with van der Waals surface area (Å²) in [4.78, 5) is 13.7. The van der Waals surface area contributed by atoms with E-state index in [2.05, 4.69) is 0 Å². The van der Waals surface area contributed by atoms with Gasteiger partial charge in [-0.25, -0.2) is 4.79 Å². The van der Waals surface area contributed by atoms with Gasteiger partial charge in [0.1, 0.15) is 5.60 Å². The Labute approximate surface area is 109 Å². The summed E-state index contributed by atoms with van der Waals surface area (Å²) in [5, 5.41) is 10.3. The molecular weight excluding hydrogens is 230 g/mol. The number of hydrogen-bond acceptors (Lipinski definition) is 3. The minimum atomic E-state index is -0.463. The maximum absolute atomic E-state index is 12.0. The molecule has 1 aliphatic heterocycles. The lowest BCUT2D eigenvalue weighted by Gasteiger charge is -2.45. The number of nitrogens with zero attached hydrogens (tertiary/aromatic N) is 1. The van der Waals surface area contributed by atoms with Gasteiger partial charge in [0.2, 0.25) is 0 Å². The van der Waals surface area contributed by atoms with Crippen molar-refractivity contribution in [1.82, 2.24) is 4.90 Å². The Morgan fingerprint density at radius 1 is 1.28 bits per heavy atom. The van der Waals surface area contributed by atoms with Crippen molar-refractivity contribution in [1.29, 1.82) is 0 Å². The average Bonchev–Trinajstić information content (AvgIpc) is 2.64. The largest absolute Gasteiger partial charge is 0.444 e. The lowest BCUT2D eigenvalue weighted by Crippen LogP contribution is -2.59. The molecule has 0 aromatic carbocycles. The molecule has 1 saturated carbocycles. The first-order chi connectivity index (χ1) is 8.38. The third-order valence-electron chi connectivity index (χ3n) is 3.97. The number of rotatable bonds is 2. The fourth-order valence-electron chi connectivity index (χ4n) is 2.92. The van der Waals surface area contributed by atoms with Gasteiger partial charge in [0.25, 0.3) is 0 Å². The van der Waals surface area contributed by atoms with E-state index < -0.39 is 5.60 Å². The smallest absolute Gasteiger partial charge is 0.410 e. The Morgan fingerprint density at radius 2 is 1.89 bits per heavy atom. The first kappa shape index (κ1) is 13.7. The Morgan fingerprint density at radius 3 is 2.33 bits per heavy atom. The number of aliphatic hydroxyl groups excluding tert-OH is 1. The first-order valence-corrected chi connectivity index (χ1v) is 7.06. The summed E-state index contributed by atoms with van der Waals surface area (Å²) in [6.45, 7) is 6.32. The molecule has 104 valence electrons. The van der Waals surface area contributed by atoms with Gasteiger partial charge in [-0.3, -0.25) is 0 Å². The van der Waals surface area contributed by atoms with Crippen LogP contribution in [0.4, 0.5) is 4.79 Å². The van der Waals surface area contributed by atoms with Gasteiger partial charge in [0.15, 0.2) is 0 Å². The molecule has 1 saturated heterocycles. The zero-order valence-corrected chi connectivity index (χ0v) is 11.7. The Hall–Kier alpha value is -0.770. The van der Waals surface area contributed by atoms with Gasteiger partial charge >= 0.3 is 6.09 Å². The van der Waals surface area contributed by atoms with E-state index in [4.69, 9.17) is 4.74 Å². The second kappa shape index (κ2) is 5.08. The fraction of sp³-hybridized carbons (Fsp3) is 0.929. The van der Waals surface area contributed by atoms with E-state index in [-0.39, 0.29) is 18.2 Å². The molecule has 0 bridgehead atoms. The van der Waals surface area contributed by atoms with Crippen LogP contribution >= 0.6 is 0 Å². The number of hydrogen-bond donors (Lipinski definition) is 1. The van der Waals surface area contributed by atoms with E-state index in [1.165, 1.54) is 12.8 Å². The molecule has 18 heavy (non-hydrogen) atoms. The van der Waals surface area contributed by atoms with E-state index >= 15 is 0 Å². The predicted molar refractivity (Wildman–Crippen MR) is 69.3 cm³/mol. The topological polar surface area (TPSA) is 49.8 Å². The van der Waals surface area contributed by atoms with Gasteiger partial charge in [-0.2, -0.15) is 0 Å². The minimum absolute atomic E-state index is 0.0250. The third-order valence-corrected chi connectivity index (χ3v) is 3.97. The van der Waals surface area contributed by atoms with Crippen LogP contribution in [0.5, 0.6) is 0 Å². The van der Waals surface area contributed by atoms with Gasteiger partial charge in [0, 0.05) is 6.54 Å². The van der Waals surface area contributed by atoms with Crippen molar-refractivity contribution in [2.75, 3.05) is 6.54 Å². The molecule has 0 aromatic rings. The summed E-state index contributed by atoms with van der Waals surface area (Å²) in [6.07, 6.45) is 4.86. The van der Waals surface area contributed by atoms with Crippen molar-refractivity contribution in [2.45, 2.75) is 70.6 Å². The maximum Gasteiger partial charge on any atom is 0.410 e. The zero-order chi connectivity index (χ0) is 13.3. The molecule has 0 aromatic heterocycles. The third kappa shape index (κ3) is 2.97. The molecule has 0 spiro atoms. The van der Waals surface area contributed by atoms with Crippen molar-refractivity contribution in [3.8, 4) is 0 Å². The monoisotopic (exact) mass is 255 g/mol. The van der Waals surface area contributed by atoms with E-state index in [9.17, 15) is 9.90 Å². The van der Waals surface area contributed by atoms with E-state index in [0.717, 1.165) is 19.3 Å². The second-order valence-electron chi connectivity index (χ2n) is 6.56. The molecule has 1 amide bonds. The zero-order valence-electron chi connectivity index (χ0n) is 11.7. The van der Waals surface area contributed by atoms with Crippen molar-refractivity contribution in [3.05, 3.63) is 0 Å². The molecule has 0 radical (unpaired) electrons. The highest BCUT2D eigenvalue weighted by Gasteiger charge is 2.42. The van der Waals surface area contributed by atoms with Crippen LogP contribution in [0.3, 0.4) is 0 Å². The Bertz CT molecular complexity index is 305. The number of ether oxygens (including phenoxy) is 1. The molecule has 2 atom stereocenters. The number of amides is 1. The summed E-state index contributed by atoms with van der Waals surface area (Å²) in [6, 6.07) is -0.0250. The molecule has 2 fully saturated rings. The number of carbonyl (C=O) groups excluding carboxylic acids is 1. The molecule has 2 aliphatic rings. The molecule has 4 nitrogen and oxygen atoms in total. The van der Waals surface area contributed by atoms with Crippen LogP contribution in [0, 0.1) is 5.92 Å². The van der Waals surface area contributed by atoms with Gasteiger partial charge in [-0.1, -0.05) is 12.8 Å². The number of aliphatic hydroxyl groups is 1. The van der Waals surface area contributed by atoms with Gasteiger partial charge in [-0.15, -0.1) is 0 Å². The normalized spacial score (nSPS) is 26.9. The highest BCUT2D eigenvalue weighted by atomic mass is 16.6. The highest BCUT2D eigenvalue weighted by molar-refractivity contribution is 5.69. The van der Waals surface area contributed by atoms with Crippen molar-refractivity contribution in [3.63, 3.8) is 0 Å². The molecule has 2 rings (SSSR count). The molecule has 1 heterocycles. The lowest BCUT2D eigenvalue weighted by molar-refractivity contribution is -0.0553. The summed E-state index contributed by atoms with van der Waals surface area (Å²) < 4.78 is 5.36. The maximum atomic E-state index is 12.0. The molecule has 2 unspecified atom stereocenters. The Kier molecular flexibility index (Phi) is 3.85. The second-order valence-corrected chi connectivity index (χ2v) is 6.56. The summed E-state index contributed by atoms with van der Waals surface area (Å²) in [5.74, 6) is 0.375. The number of likely N-dealkylation sites (tertiary alicyclic amines) is 1. The van der Waals surface area contributed by atoms with Crippen LogP contribution in [0.25, 0.3) is 0 Å². The summed E-state index contributed by atoms with van der Waals surface area (Å²) in [5.41, 5.74) is -0.463. The van der Waals surface area contributed by atoms with E-state index in [1.807, 2.05) is 20.8 Å². The average molecular weight is 255 g/mol. The summed E-state index contributed by atoms with van der Waals surface area (Å²) >= 11 is 0. The van der Waals surface area contributed by atoms with Crippen LogP contribution in [0.1, 0.15) is 52.9 Å². The quantitative estimate of drug-likeness (QED) is 0.825. The van der Waals surface area contributed by atoms with Crippen LogP contribution in [0.2, 0.25) is 0 Å². The van der Waals surface area contributed by atoms with Crippen LogP contribution < -0.4 is 0 Å². The van der Waals surface area contributed by atoms with Crippen molar-refractivity contribution in [2.24, 2.45) is 5.92 Å². The van der Waals surface area contributed by atoms with Crippen LogP contribution in [-0.2, 0) is 4.74 Å². The lowest BCUT2D eigenvalue weighted by atomic mass is 9.88. The molecule has 4 heteroatoms. The molecule has 1 N–H and O–H groups in total. The van der Waals surface area contributed by atoms with E-state index in [0.29, 0.717) is 12.5 Å². The van der Waals surface area contributed by atoms with Crippen LogP contribution in [0.15, 0.2) is 0 Å². The van der Waals surface area contributed by atoms with Crippen LogP contribution in [-0.4, -0.2) is 40.4 Å². The standard InChI is InChI=1S/C14H25NO3/c1-14(2,3)18-13(17)15-9-8-11(15)12(16)10-6-4-5-7-10/h10-12,16H,4-9H2,1-3H3. The van der Waals surface area contributed by atoms with Gasteiger partial charge < -0.3 is 14.7 Å². The van der Waals surface area contributed by atoms with Crippen molar-refractivity contribution < 1.29 is 14.6 Å².